The third kappa shape index (κ3) is 6.17. The van der Waals surface area contributed by atoms with Crippen molar-refractivity contribution in [3.8, 4) is 11.5 Å². The number of rotatable bonds is 7. The second-order valence-corrected chi connectivity index (χ2v) is 6.46. The summed E-state index contributed by atoms with van der Waals surface area (Å²) in [5.74, 6) is 1.27. The van der Waals surface area contributed by atoms with Crippen LogP contribution in [0.2, 0.25) is 5.02 Å². The van der Waals surface area contributed by atoms with Gasteiger partial charge in [0, 0.05) is 12.2 Å². The van der Waals surface area contributed by atoms with Gasteiger partial charge in [0.25, 0.3) is 0 Å². The number of alkyl halides is 3. The molecule has 0 heterocycles. The van der Waals surface area contributed by atoms with Crippen LogP contribution in [0, 0.1) is 0 Å². The molecular weight excluding hydrogens is 413 g/mol. The van der Waals surface area contributed by atoms with Gasteiger partial charge >= 0.3 is 6.18 Å². The summed E-state index contributed by atoms with van der Waals surface area (Å²) in [5.41, 5.74) is 0.147. The average Bonchev–Trinajstić information content (AvgIpc) is 2.63. The molecule has 0 unspecified atom stereocenters. The molecule has 0 fully saturated rings. The predicted octanol–water partition coefficient (Wildman–Crippen LogP) is 5.64. The largest absolute Gasteiger partial charge is 0.490 e. The lowest BCUT2D eigenvalue weighted by molar-refractivity contribution is -0.137. The van der Waals surface area contributed by atoms with Crippen LogP contribution in [0.1, 0.15) is 25.0 Å². The van der Waals surface area contributed by atoms with Gasteiger partial charge in [-0.2, -0.15) is 13.2 Å². The van der Waals surface area contributed by atoms with Crippen LogP contribution in [0.3, 0.4) is 0 Å². The topological polar surface area (TPSA) is 42.5 Å². The minimum absolute atomic E-state index is 0.183. The van der Waals surface area contributed by atoms with Gasteiger partial charge < -0.3 is 20.1 Å². The maximum atomic E-state index is 12.9. The number of hydrogen-bond acceptors (Lipinski definition) is 3. The van der Waals surface area contributed by atoms with Gasteiger partial charge in [0.05, 0.1) is 23.8 Å². The summed E-state index contributed by atoms with van der Waals surface area (Å²) in [4.78, 5) is 0. The van der Waals surface area contributed by atoms with Crippen molar-refractivity contribution in [1.29, 1.82) is 0 Å². The Morgan fingerprint density at radius 3 is 2.36 bits per heavy atom. The molecule has 9 heteroatoms. The number of halogens is 4. The van der Waals surface area contributed by atoms with Gasteiger partial charge in [-0.3, -0.25) is 0 Å². The molecule has 4 nitrogen and oxygen atoms in total. The monoisotopic (exact) mass is 432 g/mol. The average molecular weight is 433 g/mol. The van der Waals surface area contributed by atoms with Gasteiger partial charge in [0.15, 0.2) is 16.6 Å². The molecule has 28 heavy (non-hydrogen) atoms. The van der Waals surface area contributed by atoms with Crippen LogP contribution >= 0.6 is 23.8 Å². The second-order valence-electron chi connectivity index (χ2n) is 5.65. The van der Waals surface area contributed by atoms with Gasteiger partial charge in [0.1, 0.15) is 0 Å². The maximum absolute atomic E-state index is 12.9. The summed E-state index contributed by atoms with van der Waals surface area (Å²) >= 11 is 10.8. The molecule has 0 aliphatic rings. The summed E-state index contributed by atoms with van der Waals surface area (Å²) in [7, 11) is 0. The summed E-state index contributed by atoms with van der Waals surface area (Å²) in [6, 6.07) is 9.00. The summed E-state index contributed by atoms with van der Waals surface area (Å²) in [6.45, 7) is 5.14. The summed E-state index contributed by atoms with van der Waals surface area (Å²) in [5, 5.41) is 5.50. The highest BCUT2D eigenvalue weighted by Gasteiger charge is 2.33. The van der Waals surface area contributed by atoms with Gasteiger partial charge in [-0.15, -0.1) is 0 Å². The van der Waals surface area contributed by atoms with Crippen molar-refractivity contribution in [2.24, 2.45) is 0 Å². The maximum Gasteiger partial charge on any atom is 0.417 e. The number of hydrogen-bond donors (Lipinski definition) is 2. The Balaban J connectivity index is 2.02. The van der Waals surface area contributed by atoms with E-state index in [2.05, 4.69) is 10.6 Å². The number of ether oxygens (including phenoxy) is 2. The van der Waals surface area contributed by atoms with E-state index < -0.39 is 11.7 Å². The molecule has 152 valence electrons. The van der Waals surface area contributed by atoms with E-state index >= 15 is 0 Å². The molecule has 0 aliphatic heterocycles. The number of anilines is 1. The molecule has 0 radical (unpaired) electrons. The van der Waals surface area contributed by atoms with E-state index in [0.717, 1.165) is 11.6 Å². The standard InChI is InChI=1S/C19H20ClF3N2O2S/c1-3-26-16-8-5-12(9-17(16)27-4-2)11-24-18(28)25-13-6-7-15(20)14(10-13)19(21,22)23/h5-10H,3-4,11H2,1-2H3,(H2,24,25,28). The first kappa shape index (κ1) is 22.1. The van der Waals surface area contributed by atoms with E-state index in [1.54, 1.807) is 6.07 Å². The van der Waals surface area contributed by atoms with Crippen LogP contribution in [0.15, 0.2) is 36.4 Å². The lowest BCUT2D eigenvalue weighted by Gasteiger charge is -2.15. The van der Waals surface area contributed by atoms with Crippen LogP contribution in [-0.2, 0) is 12.7 Å². The second kappa shape index (κ2) is 9.84. The molecule has 0 saturated heterocycles. The van der Waals surface area contributed by atoms with Crippen molar-refractivity contribution in [2.45, 2.75) is 26.6 Å². The molecule has 0 aliphatic carbocycles. The third-order valence-corrected chi connectivity index (χ3v) is 4.17. The molecule has 0 aromatic heterocycles. The normalized spacial score (nSPS) is 11.1. The highest BCUT2D eigenvalue weighted by molar-refractivity contribution is 7.80. The molecule has 2 N–H and O–H groups in total. The van der Waals surface area contributed by atoms with Crippen molar-refractivity contribution in [3.63, 3.8) is 0 Å². The molecule has 0 spiro atoms. The van der Waals surface area contributed by atoms with E-state index in [-0.39, 0.29) is 15.8 Å². The lowest BCUT2D eigenvalue weighted by Crippen LogP contribution is -2.28. The first-order valence-corrected chi connectivity index (χ1v) is 9.33. The van der Waals surface area contributed by atoms with Crippen LogP contribution in [-0.4, -0.2) is 18.3 Å². The Kier molecular flexibility index (Phi) is 7.77. The fourth-order valence-corrected chi connectivity index (χ4v) is 2.80. The Bertz CT molecular complexity index is 831. The van der Waals surface area contributed by atoms with Crippen molar-refractivity contribution in [3.05, 3.63) is 52.5 Å². The van der Waals surface area contributed by atoms with Gasteiger partial charge in [-0.1, -0.05) is 17.7 Å². The van der Waals surface area contributed by atoms with Crippen molar-refractivity contribution in [1.82, 2.24) is 5.32 Å². The first-order valence-electron chi connectivity index (χ1n) is 8.54. The summed E-state index contributed by atoms with van der Waals surface area (Å²) in [6.07, 6.45) is -4.54. The zero-order valence-electron chi connectivity index (χ0n) is 15.3. The quantitative estimate of drug-likeness (QED) is 0.554. The van der Waals surface area contributed by atoms with Crippen LogP contribution in [0.4, 0.5) is 18.9 Å². The number of nitrogens with one attached hydrogen (secondary N) is 2. The van der Waals surface area contributed by atoms with E-state index in [9.17, 15) is 13.2 Å². The molecule has 2 rings (SSSR count). The van der Waals surface area contributed by atoms with E-state index in [1.165, 1.54) is 12.1 Å². The lowest BCUT2D eigenvalue weighted by atomic mass is 10.2. The zero-order valence-corrected chi connectivity index (χ0v) is 16.9. The summed E-state index contributed by atoms with van der Waals surface area (Å²) < 4.78 is 49.9. The third-order valence-electron chi connectivity index (χ3n) is 3.59. The molecule has 0 bridgehead atoms. The Morgan fingerprint density at radius 1 is 1.04 bits per heavy atom. The van der Waals surface area contributed by atoms with E-state index in [0.29, 0.717) is 31.3 Å². The van der Waals surface area contributed by atoms with Crippen molar-refractivity contribution < 1.29 is 22.6 Å². The molecule has 0 saturated carbocycles. The number of thiocarbonyl (C=S) groups is 1. The van der Waals surface area contributed by atoms with Crippen molar-refractivity contribution >= 4 is 34.6 Å². The molecular formula is C19H20ClF3N2O2S. The predicted molar refractivity (Wildman–Crippen MR) is 108 cm³/mol. The molecule has 0 atom stereocenters. The number of benzene rings is 2. The first-order chi connectivity index (χ1) is 13.2. The zero-order chi connectivity index (χ0) is 20.7. The molecule has 2 aromatic carbocycles. The van der Waals surface area contributed by atoms with E-state index in [1.807, 2.05) is 26.0 Å². The van der Waals surface area contributed by atoms with Crippen molar-refractivity contribution in [2.75, 3.05) is 18.5 Å². The van der Waals surface area contributed by atoms with Gasteiger partial charge in [-0.05, 0) is 62.0 Å². The van der Waals surface area contributed by atoms with E-state index in [4.69, 9.17) is 33.3 Å². The SMILES string of the molecule is CCOc1ccc(CNC(=S)Nc2ccc(Cl)c(C(F)(F)F)c2)cc1OCC. The van der Waals surface area contributed by atoms with Gasteiger partial charge in [0.2, 0.25) is 0 Å². The van der Waals surface area contributed by atoms with Crippen LogP contribution < -0.4 is 20.1 Å². The Labute approximate surface area is 172 Å². The highest BCUT2D eigenvalue weighted by Crippen LogP contribution is 2.36. The van der Waals surface area contributed by atoms with Crippen LogP contribution in [0.5, 0.6) is 11.5 Å². The molecule has 2 aromatic rings. The highest BCUT2D eigenvalue weighted by atomic mass is 35.5. The fourth-order valence-electron chi connectivity index (χ4n) is 2.38. The molecule has 0 amide bonds. The van der Waals surface area contributed by atoms with Crippen LogP contribution in [0.25, 0.3) is 0 Å². The Morgan fingerprint density at radius 2 is 1.71 bits per heavy atom. The Hall–Kier alpha value is -2.19. The minimum atomic E-state index is -4.54. The minimum Gasteiger partial charge on any atom is -0.490 e. The smallest absolute Gasteiger partial charge is 0.417 e. The van der Waals surface area contributed by atoms with Gasteiger partial charge in [-0.25, -0.2) is 0 Å². The fraction of sp³-hybridized carbons (Fsp3) is 0.316.